The molecule has 6 heteroatoms. The van der Waals surface area contributed by atoms with Crippen molar-refractivity contribution >= 4 is 17.8 Å². The molecule has 2 amide bonds. The molecule has 0 fully saturated rings. The van der Waals surface area contributed by atoms with Gasteiger partial charge in [0.05, 0.1) is 25.4 Å². The Morgan fingerprint density at radius 1 is 1.03 bits per heavy atom. The first-order valence-corrected chi connectivity index (χ1v) is 12.5. The average molecular weight is 470 g/mol. The van der Waals surface area contributed by atoms with Gasteiger partial charge in [-0.1, -0.05) is 42.5 Å². The maximum atomic E-state index is 13.7. The van der Waals surface area contributed by atoms with E-state index < -0.39 is 0 Å². The summed E-state index contributed by atoms with van der Waals surface area (Å²) in [5.74, 6) is 0.778. The van der Waals surface area contributed by atoms with Crippen LogP contribution in [0.4, 0.5) is 4.79 Å². The van der Waals surface area contributed by atoms with Crippen molar-refractivity contribution in [2.45, 2.75) is 24.0 Å². The third-order valence-electron chi connectivity index (χ3n) is 6.23. The summed E-state index contributed by atoms with van der Waals surface area (Å²) in [7, 11) is 1.65. The fourth-order valence-electron chi connectivity index (χ4n) is 4.54. The standard InChI is InChI=1S/C28H27N3O2S/c1-33-23-9-5-7-20(17-23)18-29-28(32)31-19-22-8-3-4-10-25(22)30-16-6-11-26(30)27(31)21-12-14-24(34-2)15-13-21/h3-17,27H,18-19H2,1-2H3,(H,29,32)/t27-/m0/s1. The first-order valence-electron chi connectivity index (χ1n) is 11.2. The molecule has 0 spiro atoms. The predicted octanol–water partition coefficient (Wildman–Crippen LogP) is 6.02. The van der Waals surface area contributed by atoms with E-state index in [9.17, 15) is 4.79 Å². The van der Waals surface area contributed by atoms with E-state index in [0.717, 1.165) is 33.8 Å². The van der Waals surface area contributed by atoms with E-state index in [1.165, 1.54) is 4.90 Å². The van der Waals surface area contributed by atoms with Crippen LogP contribution < -0.4 is 10.1 Å². The molecule has 0 saturated carbocycles. The molecule has 0 aliphatic carbocycles. The number of nitrogens with zero attached hydrogens (tertiary/aromatic N) is 2. The van der Waals surface area contributed by atoms with Crippen molar-refractivity contribution in [1.29, 1.82) is 0 Å². The molecule has 0 saturated heterocycles. The highest BCUT2D eigenvalue weighted by molar-refractivity contribution is 7.98. The molecule has 0 bridgehead atoms. The van der Waals surface area contributed by atoms with E-state index in [4.69, 9.17) is 4.74 Å². The maximum absolute atomic E-state index is 13.7. The fourth-order valence-corrected chi connectivity index (χ4v) is 4.95. The van der Waals surface area contributed by atoms with Gasteiger partial charge >= 0.3 is 6.03 Å². The first kappa shape index (κ1) is 22.2. The number of hydrogen-bond acceptors (Lipinski definition) is 3. The van der Waals surface area contributed by atoms with Crippen molar-refractivity contribution in [2.75, 3.05) is 13.4 Å². The van der Waals surface area contributed by atoms with Crippen LogP contribution >= 0.6 is 11.8 Å². The highest BCUT2D eigenvalue weighted by Gasteiger charge is 2.32. The Bertz CT molecular complexity index is 1300. The lowest BCUT2D eigenvalue weighted by Gasteiger charge is -2.31. The SMILES string of the molecule is COc1cccc(CNC(=O)N2Cc3ccccc3-n3cccc3[C@@H]2c2ccc(SC)cc2)c1. The summed E-state index contributed by atoms with van der Waals surface area (Å²) in [5.41, 5.74) is 5.36. The molecule has 1 aliphatic heterocycles. The summed E-state index contributed by atoms with van der Waals surface area (Å²) in [6.45, 7) is 0.935. The molecule has 5 rings (SSSR count). The lowest BCUT2D eigenvalue weighted by molar-refractivity contribution is 0.180. The number of methoxy groups -OCH3 is 1. The molecular weight excluding hydrogens is 442 g/mol. The molecule has 2 heterocycles. The van der Waals surface area contributed by atoms with E-state index in [-0.39, 0.29) is 12.1 Å². The van der Waals surface area contributed by atoms with Crippen LogP contribution in [0, 0.1) is 0 Å². The van der Waals surface area contributed by atoms with Gasteiger partial charge < -0.3 is 19.5 Å². The minimum absolute atomic E-state index is 0.105. The van der Waals surface area contributed by atoms with E-state index in [0.29, 0.717) is 13.1 Å². The molecule has 0 unspecified atom stereocenters. The number of ether oxygens (including phenoxy) is 1. The largest absolute Gasteiger partial charge is 0.497 e. The van der Waals surface area contributed by atoms with Crippen LogP contribution in [0.1, 0.15) is 28.4 Å². The number of amides is 2. The molecule has 4 aromatic rings. The lowest BCUT2D eigenvalue weighted by atomic mass is 10.0. The predicted molar refractivity (Wildman–Crippen MR) is 137 cm³/mol. The quantitative estimate of drug-likeness (QED) is 0.364. The number of benzene rings is 3. The summed E-state index contributed by atoms with van der Waals surface area (Å²) in [4.78, 5) is 16.8. The molecular formula is C28H27N3O2S. The van der Waals surface area contributed by atoms with Gasteiger partial charge in [0.1, 0.15) is 5.75 Å². The maximum Gasteiger partial charge on any atom is 0.318 e. The number of carbonyl (C=O) groups excluding carboxylic acids is 1. The molecule has 1 atom stereocenters. The summed E-state index contributed by atoms with van der Waals surface area (Å²) in [6, 6.07) is 28.4. The minimum Gasteiger partial charge on any atom is -0.497 e. The van der Waals surface area contributed by atoms with Crippen molar-refractivity contribution in [3.05, 3.63) is 114 Å². The van der Waals surface area contributed by atoms with Gasteiger partial charge in [0.15, 0.2) is 0 Å². The van der Waals surface area contributed by atoms with Crippen LogP contribution in [0.15, 0.2) is 96.0 Å². The number of fused-ring (bicyclic) bond motifs is 3. The second kappa shape index (κ2) is 9.69. The monoisotopic (exact) mass is 469 g/mol. The smallest absolute Gasteiger partial charge is 0.318 e. The highest BCUT2D eigenvalue weighted by atomic mass is 32.2. The molecule has 5 nitrogen and oxygen atoms in total. The van der Waals surface area contributed by atoms with E-state index in [1.807, 2.05) is 47.4 Å². The fraction of sp³-hybridized carbons (Fsp3) is 0.179. The van der Waals surface area contributed by atoms with Gasteiger partial charge in [0, 0.05) is 23.3 Å². The zero-order chi connectivity index (χ0) is 23.5. The zero-order valence-corrected chi connectivity index (χ0v) is 20.1. The summed E-state index contributed by atoms with van der Waals surface area (Å²) < 4.78 is 7.54. The number of urea groups is 1. The highest BCUT2D eigenvalue weighted by Crippen LogP contribution is 2.37. The molecule has 1 aliphatic rings. The van der Waals surface area contributed by atoms with E-state index >= 15 is 0 Å². The molecule has 172 valence electrons. The summed E-state index contributed by atoms with van der Waals surface area (Å²) >= 11 is 1.71. The number of aromatic nitrogens is 1. The number of para-hydroxylation sites is 1. The van der Waals surface area contributed by atoms with Crippen LogP contribution in [-0.4, -0.2) is 28.9 Å². The molecule has 1 aromatic heterocycles. The van der Waals surface area contributed by atoms with Crippen molar-refractivity contribution in [3.8, 4) is 11.4 Å². The second-order valence-electron chi connectivity index (χ2n) is 8.25. The van der Waals surface area contributed by atoms with Crippen LogP contribution in [0.2, 0.25) is 0 Å². The third kappa shape index (κ3) is 4.29. The van der Waals surface area contributed by atoms with Crippen molar-refractivity contribution in [2.24, 2.45) is 0 Å². The number of rotatable bonds is 5. The van der Waals surface area contributed by atoms with Gasteiger partial charge in [-0.3, -0.25) is 0 Å². The minimum atomic E-state index is -0.219. The van der Waals surface area contributed by atoms with Gasteiger partial charge in [-0.2, -0.15) is 0 Å². The Hall–Kier alpha value is -3.64. The number of hydrogen-bond donors (Lipinski definition) is 1. The third-order valence-corrected chi connectivity index (χ3v) is 6.98. The summed E-state index contributed by atoms with van der Waals surface area (Å²) in [6.07, 6.45) is 4.15. The molecule has 1 N–H and O–H groups in total. The zero-order valence-electron chi connectivity index (χ0n) is 19.3. The van der Waals surface area contributed by atoms with Crippen molar-refractivity contribution in [3.63, 3.8) is 0 Å². The number of nitrogens with one attached hydrogen (secondary N) is 1. The molecule has 3 aromatic carbocycles. The van der Waals surface area contributed by atoms with Gasteiger partial charge in [-0.15, -0.1) is 11.8 Å². The normalized spacial score (nSPS) is 14.6. The van der Waals surface area contributed by atoms with Crippen LogP contribution in [0.3, 0.4) is 0 Å². The van der Waals surface area contributed by atoms with Crippen LogP contribution in [-0.2, 0) is 13.1 Å². The number of carbonyl (C=O) groups is 1. The number of thioether (sulfide) groups is 1. The van der Waals surface area contributed by atoms with E-state index in [2.05, 4.69) is 64.8 Å². The first-order chi connectivity index (χ1) is 16.7. The molecule has 34 heavy (non-hydrogen) atoms. The van der Waals surface area contributed by atoms with E-state index in [1.54, 1.807) is 18.9 Å². The Balaban J connectivity index is 1.52. The van der Waals surface area contributed by atoms with Gasteiger partial charge in [-0.05, 0) is 65.4 Å². The second-order valence-corrected chi connectivity index (χ2v) is 9.13. The Kier molecular flexibility index (Phi) is 6.32. The Morgan fingerprint density at radius 2 is 1.85 bits per heavy atom. The van der Waals surface area contributed by atoms with Crippen molar-refractivity contribution < 1.29 is 9.53 Å². The molecule has 0 radical (unpaired) electrons. The van der Waals surface area contributed by atoms with Crippen LogP contribution in [0.5, 0.6) is 5.75 Å². The van der Waals surface area contributed by atoms with Gasteiger partial charge in [0.2, 0.25) is 0 Å². The van der Waals surface area contributed by atoms with Gasteiger partial charge in [0.25, 0.3) is 0 Å². The topological polar surface area (TPSA) is 46.5 Å². The van der Waals surface area contributed by atoms with Gasteiger partial charge in [-0.25, -0.2) is 4.79 Å². The average Bonchev–Trinajstić information content (AvgIpc) is 3.32. The Labute approximate surface area is 204 Å². The van der Waals surface area contributed by atoms with Crippen LogP contribution in [0.25, 0.3) is 5.69 Å². The lowest BCUT2D eigenvalue weighted by Crippen LogP contribution is -2.41. The summed E-state index contributed by atoms with van der Waals surface area (Å²) in [5, 5.41) is 3.14. The Morgan fingerprint density at radius 3 is 2.65 bits per heavy atom. The van der Waals surface area contributed by atoms with Crippen molar-refractivity contribution in [1.82, 2.24) is 14.8 Å².